The summed E-state index contributed by atoms with van der Waals surface area (Å²) in [6, 6.07) is 3.69. The molecule has 1 aromatic heterocycles. The normalized spacial score (nSPS) is 16.5. The van der Waals surface area contributed by atoms with Gasteiger partial charge in [0.25, 0.3) is 5.91 Å². The van der Waals surface area contributed by atoms with Crippen molar-refractivity contribution >= 4 is 23.3 Å². The van der Waals surface area contributed by atoms with Gasteiger partial charge in [0.1, 0.15) is 0 Å². The van der Waals surface area contributed by atoms with E-state index in [1.165, 1.54) is 11.3 Å². The molecule has 0 aliphatic carbocycles. The molecular formula is C15H23N3O2S. The molecule has 3 amide bonds. The van der Waals surface area contributed by atoms with Gasteiger partial charge >= 0.3 is 6.03 Å². The predicted molar refractivity (Wildman–Crippen MR) is 84.7 cm³/mol. The van der Waals surface area contributed by atoms with E-state index in [9.17, 15) is 9.59 Å². The van der Waals surface area contributed by atoms with Crippen LogP contribution in [0.3, 0.4) is 0 Å². The summed E-state index contributed by atoms with van der Waals surface area (Å²) in [4.78, 5) is 28.9. The molecule has 21 heavy (non-hydrogen) atoms. The first-order valence-electron chi connectivity index (χ1n) is 7.27. The molecule has 0 radical (unpaired) electrons. The third-order valence-corrected chi connectivity index (χ3v) is 4.14. The quantitative estimate of drug-likeness (QED) is 0.866. The number of carbonyl (C=O) groups excluding carboxylic acids is 2. The highest BCUT2D eigenvalue weighted by Crippen LogP contribution is 2.14. The number of nitrogens with zero attached hydrogens (tertiary/aromatic N) is 2. The third kappa shape index (κ3) is 4.46. The van der Waals surface area contributed by atoms with Crippen molar-refractivity contribution < 1.29 is 9.59 Å². The second-order valence-electron chi connectivity index (χ2n) is 6.29. The SMILES string of the molecule is CC(C)(C)NC(=O)N1CCCN(C(=O)c2cccs2)CC1. The summed E-state index contributed by atoms with van der Waals surface area (Å²) in [7, 11) is 0. The van der Waals surface area contributed by atoms with E-state index in [1.807, 2.05) is 43.2 Å². The van der Waals surface area contributed by atoms with E-state index >= 15 is 0 Å². The Kier molecular flexibility index (Phi) is 4.88. The monoisotopic (exact) mass is 309 g/mol. The maximum Gasteiger partial charge on any atom is 0.317 e. The first-order chi connectivity index (χ1) is 9.87. The van der Waals surface area contributed by atoms with Gasteiger partial charge in [-0.25, -0.2) is 4.79 Å². The molecule has 0 saturated carbocycles. The van der Waals surface area contributed by atoms with E-state index in [0.717, 1.165) is 11.3 Å². The van der Waals surface area contributed by atoms with Crippen LogP contribution in [0, 0.1) is 0 Å². The molecule has 5 nitrogen and oxygen atoms in total. The Morgan fingerprint density at radius 3 is 2.43 bits per heavy atom. The lowest BCUT2D eigenvalue weighted by molar-refractivity contribution is 0.0767. The minimum Gasteiger partial charge on any atom is -0.336 e. The van der Waals surface area contributed by atoms with Crippen molar-refractivity contribution in [3.05, 3.63) is 22.4 Å². The Balaban J connectivity index is 1.93. The van der Waals surface area contributed by atoms with Gasteiger partial charge in [0, 0.05) is 31.7 Å². The van der Waals surface area contributed by atoms with E-state index in [1.54, 1.807) is 4.90 Å². The number of amides is 3. The van der Waals surface area contributed by atoms with Crippen molar-refractivity contribution in [2.45, 2.75) is 32.7 Å². The highest BCUT2D eigenvalue weighted by Gasteiger charge is 2.25. The number of hydrogen-bond acceptors (Lipinski definition) is 3. The van der Waals surface area contributed by atoms with Crippen LogP contribution in [0.2, 0.25) is 0 Å². The lowest BCUT2D eigenvalue weighted by Gasteiger charge is -2.27. The molecule has 0 atom stereocenters. The fourth-order valence-corrected chi connectivity index (χ4v) is 2.97. The zero-order chi connectivity index (χ0) is 15.5. The Morgan fingerprint density at radius 2 is 1.81 bits per heavy atom. The van der Waals surface area contributed by atoms with Crippen molar-refractivity contribution in [2.75, 3.05) is 26.2 Å². The van der Waals surface area contributed by atoms with Crippen LogP contribution in [0.25, 0.3) is 0 Å². The molecule has 0 aromatic carbocycles. The molecule has 0 bridgehead atoms. The van der Waals surface area contributed by atoms with Gasteiger partial charge in [0.15, 0.2) is 0 Å². The lowest BCUT2D eigenvalue weighted by atomic mass is 10.1. The second kappa shape index (κ2) is 6.47. The highest BCUT2D eigenvalue weighted by atomic mass is 32.1. The summed E-state index contributed by atoms with van der Waals surface area (Å²) < 4.78 is 0. The number of hydrogen-bond donors (Lipinski definition) is 1. The lowest BCUT2D eigenvalue weighted by Crippen LogP contribution is -2.49. The molecule has 6 heteroatoms. The molecule has 1 fully saturated rings. The Hall–Kier alpha value is -1.56. The Bertz CT molecular complexity index is 494. The number of rotatable bonds is 1. The van der Waals surface area contributed by atoms with Crippen LogP contribution in [-0.4, -0.2) is 53.5 Å². The zero-order valence-corrected chi connectivity index (χ0v) is 13.7. The van der Waals surface area contributed by atoms with Gasteiger partial charge < -0.3 is 15.1 Å². The highest BCUT2D eigenvalue weighted by molar-refractivity contribution is 7.12. The number of carbonyl (C=O) groups is 2. The van der Waals surface area contributed by atoms with Crippen molar-refractivity contribution in [2.24, 2.45) is 0 Å². The smallest absolute Gasteiger partial charge is 0.317 e. The van der Waals surface area contributed by atoms with Gasteiger partial charge in [0.2, 0.25) is 0 Å². The van der Waals surface area contributed by atoms with Gasteiger partial charge in [-0.05, 0) is 38.6 Å². The molecular weight excluding hydrogens is 286 g/mol. The molecule has 1 N–H and O–H groups in total. The molecule has 1 aromatic rings. The summed E-state index contributed by atoms with van der Waals surface area (Å²) in [5.74, 6) is 0.0723. The van der Waals surface area contributed by atoms with Gasteiger partial charge in [-0.1, -0.05) is 6.07 Å². The zero-order valence-electron chi connectivity index (χ0n) is 12.9. The van der Waals surface area contributed by atoms with E-state index in [2.05, 4.69) is 5.32 Å². The van der Waals surface area contributed by atoms with Gasteiger partial charge in [-0.2, -0.15) is 0 Å². The van der Waals surface area contributed by atoms with Crippen molar-refractivity contribution in [1.82, 2.24) is 15.1 Å². The molecule has 0 unspecified atom stereocenters. The summed E-state index contributed by atoms with van der Waals surface area (Å²) >= 11 is 1.46. The van der Waals surface area contributed by atoms with E-state index in [0.29, 0.717) is 26.2 Å². The fraction of sp³-hybridized carbons (Fsp3) is 0.600. The molecule has 1 aliphatic heterocycles. The maximum atomic E-state index is 12.3. The minimum absolute atomic E-state index is 0.0482. The fourth-order valence-electron chi connectivity index (χ4n) is 2.28. The molecule has 1 aliphatic rings. The second-order valence-corrected chi connectivity index (χ2v) is 7.24. The van der Waals surface area contributed by atoms with Crippen LogP contribution in [0.15, 0.2) is 17.5 Å². The molecule has 116 valence electrons. The number of nitrogens with one attached hydrogen (secondary N) is 1. The van der Waals surface area contributed by atoms with Gasteiger partial charge in [-0.3, -0.25) is 4.79 Å². The van der Waals surface area contributed by atoms with Crippen LogP contribution >= 0.6 is 11.3 Å². The molecule has 2 heterocycles. The molecule has 0 spiro atoms. The molecule has 2 rings (SSSR count). The van der Waals surface area contributed by atoms with Crippen LogP contribution < -0.4 is 5.32 Å². The summed E-state index contributed by atoms with van der Waals surface area (Å²) in [6.45, 7) is 8.47. The summed E-state index contributed by atoms with van der Waals surface area (Å²) in [6.07, 6.45) is 0.814. The Morgan fingerprint density at radius 1 is 1.14 bits per heavy atom. The topological polar surface area (TPSA) is 52.7 Å². The first kappa shape index (κ1) is 15.8. The number of urea groups is 1. The number of thiophene rings is 1. The standard InChI is InChI=1S/C15H23N3O2S/c1-15(2,3)16-14(20)18-8-5-7-17(9-10-18)13(19)12-6-4-11-21-12/h4,6,11H,5,7-10H2,1-3H3,(H,16,20). The largest absolute Gasteiger partial charge is 0.336 e. The third-order valence-electron chi connectivity index (χ3n) is 3.28. The first-order valence-corrected chi connectivity index (χ1v) is 8.15. The van der Waals surface area contributed by atoms with Gasteiger partial charge in [-0.15, -0.1) is 11.3 Å². The van der Waals surface area contributed by atoms with E-state index in [-0.39, 0.29) is 17.5 Å². The predicted octanol–water partition coefficient (Wildman–Crippen LogP) is 2.40. The van der Waals surface area contributed by atoms with E-state index < -0.39 is 0 Å². The minimum atomic E-state index is -0.240. The average Bonchev–Trinajstić information content (AvgIpc) is 2.80. The van der Waals surface area contributed by atoms with Crippen LogP contribution in [0.5, 0.6) is 0 Å². The average molecular weight is 309 g/mol. The van der Waals surface area contributed by atoms with Gasteiger partial charge in [0.05, 0.1) is 4.88 Å². The van der Waals surface area contributed by atoms with Crippen LogP contribution in [0.1, 0.15) is 36.9 Å². The van der Waals surface area contributed by atoms with E-state index in [4.69, 9.17) is 0 Å². The summed E-state index contributed by atoms with van der Waals surface area (Å²) in [5.41, 5.74) is -0.240. The van der Waals surface area contributed by atoms with Crippen molar-refractivity contribution in [3.63, 3.8) is 0 Å². The van der Waals surface area contributed by atoms with Crippen molar-refractivity contribution in [3.8, 4) is 0 Å². The molecule has 1 saturated heterocycles. The summed E-state index contributed by atoms with van der Waals surface area (Å²) in [5, 5.41) is 4.88. The maximum absolute atomic E-state index is 12.3. The van der Waals surface area contributed by atoms with Crippen LogP contribution in [0.4, 0.5) is 4.79 Å². The van der Waals surface area contributed by atoms with Crippen LogP contribution in [-0.2, 0) is 0 Å². The Labute approximate surface area is 129 Å². The van der Waals surface area contributed by atoms with Crippen molar-refractivity contribution in [1.29, 1.82) is 0 Å².